The van der Waals surface area contributed by atoms with Gasteiger partial charge in [-0.15, -0.1) is 0 Å². The molecule has 3 nitrogen and oxygen atoms in total. The highest BCUT2D eigenvalue weighted by Crippen LogP contribution is 2.49. The summed E-state index contributed by atoms with van der Waals surface area (Å²) < 4.78 is 7.10. The molecule has 4 heteroatoms. The molecule has 0 spiro atoms. The molecule has 0 saturated heterocycles. The summed E-state index contributed by atoms with van der Waals surface area (Å²) in [7, 11) is 0. The molecule has 0 unspecified atom stereocenters. The molecule has 0 aromatic heterocycles. The number of hydrogen-bond donors (Lipinski definition) is 0. The van der Waals surface area contributed by atoms with E-state index in [2.05, 4.69) is 29.8 Å². The van der Waals surface area contributed by atoms with Crippen molar-refractivity contribution in [2.24, 2.45) is 5.41 Å². The largest absolute Gasteiger partial charge is 0.485 e. The fourth-order valence-corrected chi connectivity index (χ4v) is 4.35. The maximum Gasteiger partial charge on any atom is 0.204 e. The number of rotatable bonds is 3. The van der Waals surface area contributed by atoms with Crippen LogP contribution in [0.3, 0.4) is 0 Å². The first-order valence-corrected chi connectivity index (χ1v) is 9.93. The summed E-state index contributed by atoms with van der Waals surface area (Å²) in [5.74, 6) is 0.360. The molecular formula is C23H21BrO3. The van der Waals surface area contributed by atoms with Crippen molar-refractivity contribution in [2.45, 2.75) is 38.7 Å². The van der Waals surface area contributed by atoms with Gasteiger partial charge in [0, 0.05) is 28.5 Å². The molecule has 2 aliphatic rings. The summed E-state index contributed by atoms with van der Waals surface area (Å²) in [5.41, 5.74) is 2.09. The van der Waals surface area contributed by atoms with E-state index in [4.69, 9.17) is 4.74 Å². The number of carbonyl (C=O) groups is 2. The number of ketones is 2. The predicted molar refractivity (Wildman–Crippen MR) is 108 cm³/mol. The lowest BCUT2D eigenvalue weighted by Crippen LogP contribution is -2.29. The normalized spacial score (nSPS) is 23.7. The highest BCUT2D eigenvalue weighted by molar-refractivity contribution is 9.10. The third-order valence-electron chi connectivity index (χ3n) is 5.31. The van der Waals surface area contributed by atoms with E-state index >= 15 is 0 Å². The summed E-state index contributed by atoms with van der Waals surface area (Å²) in [5, 5.41) is 0. The molecule has 0 fully saturated rings. The van der Waals surface area contributed by atoms with Crippen molar-refractivity contribution >= 4 is 27.5 Å². The number of benzene rings is 2. The quantitative estimate of drug-likeness (QED) is 0.614. The van der Waals surface area contributed by atoms with Crippen molar-refractivity contribution in [1.29, 1.82) is 0 Å². The number of Topliss-reactive ketones (excluding diaryl/α,β-unsaturated/α-hetero) is 2. The van der Waals surface area contributed by atoms with Gasteiger partial charge in [-0.25, -0.2) is 0 Å². The van der Waals surface area contributed by atoms with Crippen molar-refractivity contribution in [3.63, 3.8) is 0 Å². The smallest absolute Gasteiger partial charge is 0.204 e. The van der Waals surface area contributed by atoms with Crippen LogP contribution in [0, 0.1) is 5.41 Å². The minimum atomic E-state index is -0.698. The molecule has 1 aliphatic carbocycles. The van der Waals surface area contributed by atoms with Gasteiger partial charge < -0.3 is 4.74 Å². The van der Waals surface area contributed by atoms with Gasteiger partial charge in [-0.1, -0.05) is 72.2 Å². The zero-order chi connectivity index (χ0) is 19.2. The zero-order valence-corrected chi connectivity index (χ0v) is 17.0. The van der Waals surface area contributed by atoms with E-state index in [9.17, 15) is 9.59 Å². The van der Waals surface area contributed by atoms with Gasteiger partial charge in [0.2, 0.25) is 5.78 Å². The average molecular weight is 425 g/mol. The Morgan fingerprint density at radius 1 is 1.04 bits per heavy atom. The van der Waals surface area contributed by atoms with Crippen molar-refractivity contribution in [2.75, 3.05) is 0 Å². The molecule has 0 radical (unpaired) electrons. The number of ether oxygens (including phenoxy) is 1. The van der Waals surface area contributed by atoms with Crippen molar-refractivity contribution < 1.29 is 14.3 Å². The van der Waals surface area contributed by atoms with E-state index in [0.29, 0.717) is 29.7 Å². The first kappa shape index (κ1) is 18.2. The molecule has 1 aliphatic heterocycles. The average Bonchev–Trinajstić information content (AvgIpc) is 3.01. The zero-order valence-electron chi connectivity index (χ0n) is 15.4. The standard InChI is InChI=1S/C23H21BrO3/c1-23(2)12-17(25)20-18(13-23)27-22(19(20)14-6-4-3-5-7-14)21(26)15-8-10-16(24)11-9-15/h3-11,19,22H,12-13H2,1-2H3/t19-,22-/m1/s1. The van der Waals surface area contributed by atoms with E-state index in [-0.39, 0.29) is 22.9 Å². The van der Waals surface area contributed by atoms with Gasteiger partial charge in [0.05, 0.1) is 5.92 Å². The monoisotopic (exact) mass is 424 g/mol. The lowest BCUT2D eigenvalue weighted by molar-refractivity contribution is -0.118. The second-order valence-electron chi connectivity index (χ2n) is 8.08. The van der Waals surface area contributed by atoms with E-state index in [1.807, 2.05) is 42.5 Å². The Morgan fingerprint density at radius 2 is 1.70 bits per heavy atom. The number of allylic oxidation sites excluding steroid dienone is 1. The first-order chi connectivity index (χ1) is 12.9. The van der Waals surface area contributed by atoms with Crippen LogP contribution in [0.25, 0.3) is 0 Å². The second kappa shape index (κ2) is 6.75. The Hall–Kier alpha value is -2.20. The van der Waals surface area contributed by atoms with Gasteiger partial charge in [0.15, 0.2) is 11.9 Å². The summed E-state index contributed by atoms with van der Waals surface area (Å²) in [4.78, 5) is 26.2. The van der Waals surface area contributed by atoms with Gasteiger partial charge in [-0.05, 0) is 23.1 Å². The van der Waals surface area contributed by atoms with Crippen LogP contribution in [0.2, 0.25) is 0 Å². The fraction of sp³-hybridized carbons (Fsp3) is 0.304. The molecule has 0 amide bonds. The third kappa shape index (κ3) is 3.39. The van der Waals surface area contributed by atoms with Crippen molar-refractivity contribution in [3.8, 4) is 0 Å². The highest BCUT2D eigenvalue weighted by Gasteiger charge is 2.48. The van der Waals surface area contributed by atoms with Crippen LogP contribution in [0.5, 0.6) is 0 Å². The maximum atomic E-state index is 13.3. The molecular weight excluding hydrogens is 404 g/mol. The van der Waals surface area contributed by atoms with Gasteiger partial charge >= 0.3 is 0 Å². The summed E-state index contributed by atoms with van der Waals surface area (Å²) >= 11 is 3.40. The summed E-state index contributed by atoms with van der Waals surface area (Å²) in [6.45, 7) is 4.14. The summed E-state index contributed by atoms with van der Waals surface area (Å²) in [6.07, 6.45) is 0.468. The molecule has 138 valence electrons. The molecule has 0 N–H and O–H groups in total. The van der Waals surface area contributed by atoms with Crippen LogP contribution >= 0.6 is 15.9 Å². The predicted octanol–water partition coefficient (Wildman–Crippen LogP) is 5.46. The van der Waals surface area contributed by atoms with Crippen LogP contribution in [-0.4, -0.2) is 17.7 Å². The van der Waals surface area contributed by atoms with Crippen molar-refractivity contribution in [1.82, 2.24) is 0 Å². The highest BCUT2D eigenvalue weighted by atomic mass is 79.9. The first-order valence-electron chi connectivity index (χ1n) is 9.13. The number of hydrogen-bond acceptors (Lipinski definition) is 3. The Morgan fingerprint density at radius 3 is 2.37 bits per heavy atom. The minimum Gasteiger partial charge on any atom is -0.485 e. The van der Waals surface area contributed by atoms with E-state index in [1.165, 1.54) is 0 Å². The van der Waals surface area contributed by atoms with Crippen LogP contribution in [0.15, 0.2) is 70.4 Å². The van der Waals surface area contributed by atoms with Gasteiger partial charge in [-0.3, -0.25) is 9.59 Å². The van der Waals surface area contributed by atoms with Gasteiger partial charge in [0.25, 0.3) is 0 Å². The molecule has 1 heterocycles. The molecule has 2 atom stereocenters. The second-order valence-corrected chi connectivity index (χ2v) is 8.99. The molecule has 0 saturated carbocycles. The maximum absolute atomic E-state index is 13.3. The SMILES string of the molecule is CC1(C)CC(=O)C2=C(C1)O[C@@H](C(=O)c1ccc(Br)cc1)[C@@H]2c1ccccc1. The van der Waals surface area contributed by atoms with E-state index in [0.717, 1.165) is 10.0 Å². The lowest BCUT2D eigenvalue weighted by Gasteiger charge is -2.29. The Bertz CT molecular complexity index is 926. The van der Waals surface area contributed by atoms with Crippen LogP contribution in [0.4, 0.5) is 0 Å². The molecule has 27 heavy (non-hydrogen) atoms. The summed E-state index contributed by atoms with van der Waals surface area (Å²) in [6, 6.07) is 17.0. The Labute approximate surface area is 167 Å². The molecule has 2 aromatic rings. The van der Waals surface area contributed by atoms with Gasteiger partial charge in [0.1, 0.15) is 5.76 Å². The fourth-order valence-electron chi connectivity index (χ4n) is 4.09. The Kier molecular flexibility index (Phi) is 4.55. The minimum absolute atomic E-state index is 0.0867. The third-order valence-corrected chi connectivity index (χ3v) is 5.84. The van der Waals surface area contributed by atoms with Crippen LogP contribution < -0.4 is 0 Å². The number of carbonyl (C=O) groups excluding carboxylic acids is 2. The van der Waals surface area contributed by atoms with Crippen LogP contribution in [-0.2, 0) is 9.53 Å². The molecule has 4 rings (SSSR count). The lowest BCUT2D eigenvalue weighted by atomic mass is 9.72. The van der Waals surface area contributed by atoms with Crippen LogP contribution in [0.1, 0.15) is 48.5 Å². The van der Waals surface area contributed by atoms with Gasteiger partial charge in [-0.2, -0.15) is 0 Å². The number of halogens is 1. The van der Waals surface area contributed by atoms with E-state index < -0.39 is 6.10 Å². The topological polar surface area (TPSA) is 43.4 Å². The molecule has 0 bridgehead atoms. The van der Waals surface area contributed by atoms with Crippen molar-refractivity contribution in [3.05, 3.63) is 81.5 Å². The molecule has 2 aromatic carbocycles. The Balaban J connectivity index is 1.77. The van der Waals surface area contributed by atoms with E-state index in [1.54, 1.807) is 12.1 Å².